The molecule has 0 bridgehead atoms. The second-order valence-electron chi connectivity index (χ2n) is 4.73. The molecule has 5 nitrogen and oxygen atoms in total. The molecule has 0 aromatic heterocycles. The molecule has 6 heteroatoms. The maximum atomic E-state index is 5.49. The molecule has 116 valence electrons. The molecule has 0 amide bonds. The van der Waals surface area contributed by atoms with Gasteiger partial charge in [-0.1, -0.05) is 13.8 Å². The van der Waals surface area contributed by atoms with Crippen LogP contribution in [0.4, 0.5) is 0 Å². The number of nitrogens with zero attached hydrogens (tertiary/aromatic N) is 1. The molecular weight excluding hydrogens is 357 g/mol. The van der Waals surface area contributed by atoms with Crippen LogP contribution in [0.25, 0.3) is 0 Å². The Hall–Kier alpha value is -0.0800. The molecule has 0 saturated heterocycles. The average molecular weight is 387 g/mol. The van der Waals surface area contributed by atoms with E-state index in [1.807, 2.05) is 6.92 Å². The van der Waals surface area contributed by atoms with Gasteiger partial charge in [-0.15, -0.1) is 24.0 Å². The number of hydrogen-bond acceptors (Lipinski definition) is 3. The molecule has 0 saturated carbocycles. The molecule has 0 aliphatic carbocycles. The van der Waals surface area contributed by atoms with Gasteiger partial charge in [-0.05, 0) is 19.8 Å². The summed E-state index contributed by atoms with van der Waals surface area (Å²) in [5.41, 5.74) is 0. The molecule has 1 atom stereocenters. The molecule has 19 heavy (non-hydrogen) atoms. The van der Waals surface area contributed by atoms with Crippen LogP contribution in [0.2, 0.25) is 0 Å². The fraction of sp³-hybridized carbons (Fsp3) is 0.923. The van der Waals surface area contributed by atoms with Crippen molar-refractivity contribution in [3.05, 3.63) is 0 Å². The summed E-state index contributed by atoms with van der Waals surface area (Å²) in [6.45, 7) is 12.0. The largest absolute Gasteiger partial charge is 0.383 e. The highest BCUT2D eigenvalue weighted by Gasteiger charge is 2.03. The zero-order valence-electron chi connectivity index (χ0n) is 12.9. The quantitative estimate of drug-likeness (QED) is 0.275. The first-order valence-electron chi connectivity index (χ1n) is 6.71. The van der Waals surface area contributed by atoms with Gasteiger partial charge in [-0.25, -0.2) is 0 Å². The van der Waals surface area contributed by atoms with Crippen LogP contribution in [0.1, 0.15) is 27.7 Å². The molecular formula is C13H30IN3O2. The van der Waals surface area contributed by atoms with Gasteiger partial charge in [0.1, 0.15) is 0 Å². The van der Waals surface area contributed by atoms with E-state index in [0.717, 1.165) is 19.1 Å². The fourth-order valence-corrected chi connectivity index (χ4v) is 1.39. The van der Waals surface area contributed by atoms with Crippen molar-refractivity contribution in [1.82, 2.24) is 10.6 Å². The molecule has 0 aliphatic rings. The number of guanidine groups is 1. The Morgan fingerprint density at radius 3 is 2.42 bits per heavy atom. The summed E-state index contributed by atoms with van der Waals surface area (Å²) in [6.07, 6.45) is 0. The maximum Gasteiger partial charge on any atom is 0.191 e. The SMILES string of the molecule is CCNC(=NCCOCC(C)C)NC(C)COC.I. The molecule has 0 aromatic rings. The summed E-state index contributed by atoms with van der Waals surface area (Å²) < 4.78 is 10.6. The normalized spacial score (nSPS) is 13.1. The topological polar surface area (TPSA) is 54.9 Å². The van der Waals surface area contributed by atoms with Crippen LogP contribution in [-0.2, 0) is 9.47 Å². The van der Waals surface area contributed by atoms with Crippen LogP contribution in [0.5, 0.6) is 0 Å². The molecule has 1 unspecified atom stereocenters. The highest BCUT2D eigenvalue weighted by Crippen LogP contribution is 1.91. The Morgan fingerprint density at radius 1 is 1.21 bits per heavy atom. The van der Waals surface area contributed by atoms with E-state index < -0.39 is 0 Å². The zero-order valence-corrected chi connectivity index (χ0v) is 15.2. The van der Waals surface area contributed by atoms with E-state index in [0.29, 0.717) is 25.7 Å². The zero-order chi connectivity index (χ0) is 13.8. The molecule has 0 radical (unpaired) electrons. The average Bonchev–Trinajstić information content (AvgIpc) is 2.28. The van der Waals surface area contributed by atoms with Gasteiger partial charge in [-0.2, -0.15) is 0 Å². The second kappa shape index (κ2) is 14.3. The van der Waals surface area contributed by atoms with E-state index in [1.165, 1.54) is 0 Å². The van der Waals surface area contributed by atoms with E-state index >= 15 is 0 Å². The number of methoxy groups -OCH3 is 1. The summed E-state index contributed by atoms with van der Waals surface area (Å²) in [7, 11) is 1.70. The van der Waals surface area contributed by atoms with Crippen molar-refractivity contribution < 1.29 is 9.47 Å². The lowest BCUT2D eigenvalue weighted by Gasteiger charge is -2.17. The lowest BCUT2D eigenvalue weighted by atomic mass is 10.2. The lowest BCUT2D eigenvalue weighted by molar-refractivity contribution is 0.116. The van der Waals surface area contributed by atoms with Crippen molar-refractivity contribution in [3.63, 3.8) is 0 Å². The first-order valence-corrected chi connectivity index (χ1v) is 6.71. The van der Waals surface area contributed by atoms with Crippen LogP contribution in [0, 0.1) is 5.92 Å². The molecule has 0 aromatic carbocycles. The smallest absolute Gasteiger partial charge is 0.191 e. The van der Waals surface area contributed by atoms with Crippen LogP contribution in [-0.4, -0.2) is 52.0 Å². The first kappa shape index (κ1) is 21.2. The Bertz CT molecular complexity index is 226. The van der Waals surface area contributed by atoms with Crippen molar-refractivity contribution in [3.8, 4) is 0 Å². The van der Waals surface area contributed by atoms with E-state index in [4.69, 9.17) is 9.47 Å². The van der Waals surface area contributed by atoms with Crippen molar-refractivity contribution in [2.45, 2.75) is 33.7 Å². The number of aliphatic imine (C=N–C) groups is 1. The molecule has 0 heterocycles. The monoisotopic (exact) mass is 387 g/mol. The van der Waals surface area contributed by atoms with Gasteiger partial charge >= 0.3 is 0 Å². The number of rotatable bonds is 9. The summed E-state index contributed by atoms with van der Waals surface area (Å²) in [5, 5.41) is 6.48. The van der Waals surface area contributed by atoms with Crippen LogP contribution in [0.15, 0.2) is 4.99 Å². The van der Waals surface area contributed by atoms with E-state index in [1.54, 1.807) is 7.11 Å². The summed E-state index contributed by atoms with van der Waals surface area (Å²) in [4.78, 5) is 4.45. The lowest BCUT2D eigenvalue weighted by Crippen LogP contribution is -2.44. The second-order valence-corrected chi connectivity index (χ2v) is 4.73. The molecule has 2 N–H and O–H groups in total. The molecule has 0 aliphatic heterocycles. The third-order valence-electron chi connectivity index (χ3n) is 2.10. The van der Waals surface area contributed by atoms with E-state index in [9.17, 15) is 0 Å². The predicted octanol–water partition coefficient (Wildman–Crippen LogP) is 1.87. The highest BCUT2D eigenvalue weighted by molar-refractivity contribution is 14.0. The minimum Gasteiger partial charge on any atom is -0.383 e. The number of hydrogen-bond donors (Lipinski definition) is 2. The highest BCUT2D eigenvalue weighted by atomic mass is 127. The standard InChI is InChI=1S/C13H29N3O2.HI/c1-6-14-13(16-12(4)10-17-5)15-7-8-18-9-11(2)3;/h11-12H,6-10H2,1-5H3,(H2,14,15,16);1H. The summed E-state index contributed by atoms with van der Waals surface area (Å²) in [5.74, 6) is 1.39. The Kier molecular flexibility index (Phi) is 16.0. The third-order valence-corrected chi connectivity index (χ3v) is 2.10. The Morgan fingerprint density at radius 2 is 1.89 bits per heavy atom. The van der Waals surface area contributed by atoms with Gasteiger partial charge in [0, 0.05) is 26.3 Å². The van der Waals surface area contributed by atoms with Crippen molar-refractivity contribution in [1.29, 1.82) is 0 Å². The first-order chi connectivity index (χ1) is 8.60. The van der Waals surface area contributed by atoms with Gasteiger partial charge in [0.05, 0.1) is 19.8 Å². The van der Waals surface area contributed by atoms with Crippen LogP contribution < -0.4 is 10.6 Å². The maximum absolute atomic E-state index is 5.49. The molecule has 0 rings (SSSR count). The molecule has 0 fully saturated rings. The van der Waals surface area contributed by atoms with Crippen molar-refractivity contribution in [2.75, 3.05) is 40.0 Å². The van der Waals surface area contributed by atoms with Gasteiger partial charge in [-0.3, -0.25) is 4.99 Å². The summed E-state index contributed by atoms with van der Waals surface area (Å²) >= 11 is 0. The fourth-order valence-electron chi connectivity index (χ4n) is 1.39. The number of halogens is 1. The Balaban J connectivity index is 0. The Labute approximate surface area is 134 Å². The summed E-state index contributed by atoms with van der Waals surface area (Å²) in [6, 6.07) is 0.240. The predicted molar refractivity (Wildman–Crippen MR) is 91.5 cm³/mol. The van der Waals surface area contributed by atoms with Crippen molar-refractivity contribution >= 4 is 29.9 Å². The van der Waals surface area contributed by atoms with Crippen molar-refractivity contribution in [2.24, 2.45) is 10.9 Å². The van der Waals surface area contributed by atoms with Gasteiger partial charge in [0.25, 0.3) is 0 Å². The number of ether oxygens (including phenoxy) is 2. The van der Waals surface area contributed by atoms with E-state index in [2.05, 4.69) is 36.4 Å². The van der Waals surface area contributed by atoms with Gasteiger partial charge in [0.2, 0.25) is 0 Å². The third kappa shape index (κ3) is 14.1. The molecule has 0 spiro atoms. The van der Waals surface area contributed by atoms with Crippen LogP contribution >= 0.6 is 24.0 Å². The van der Waals surface area contributed by atoms with Gasteiger partial charge in [0.15, 0.2) is 5.96 Å². The minimum absolute atomic E-state index is 0. The van der Waals surface area contributed by atoms with E-state index in [-0.39, 0.29) is 30.0 Å². The van der Waals surface area contributed by atoms with Gasteiger partial charge < -0.3 is 20.1 Å². The van der Waals surface area contributed by atoms with Crippen LogP contribution in [0.3, 0.4) is 0 Å². The minimum atomic E-state index is 0. The number of nitrogens with one attached hydrogen (secondary N) is 2.